The van der Waals surface area contributed by atoms with Gasteiger partial charge in [0.25, 0.3) is 0 Å². The number of methoxy groups -OCH3 is 2. The van der Waals surface area contributed by atoms with Crippen LogP contribution in [0.4, 0.5) is 0 Å². The molecule has 2 heterocycles. The molecule has 0 amide bonds. The van der Waals surface area contributed by atoms with Gasteiger partial charge in [0.2, 0.25) is 0 Å². The third-order valence-electron chi connectivity index (χ3n) is 3.60. The topological polar surface area (TPSA) is 75.5 Å². The predicted octanol–water partition coefficient (Wildman–Crippen LogP) is 3.36. The van der Waals surface area contributed by atoms with E-state index in [1.165, 1.54) is 14.2 Å². The molecule has 8 heteroatoms. The smallest absolute Gasteiger partial charge is 0.357 e. The second-order valence-electron chi connectivity index (χ2n) is 5.20. The van der Waals surface area contributed by atoms with Crippen LogP contribution in [0.1, 0.15) is 10.5 Å². The van der Waals surface area contributed by atoms with E-state index < -0.39 is 5.97 Å². The average Bonchev–Trinajstić information content (AvgIpc) is 3.20. The van der Waals surface area contributed by atoms with Crippen LogP contribution < -0.4 is 4.74 Å². The van der Waals surface area contributed by atoms with Gasteiger partial charge in [-0.05, 0) is 30.3 Å². The van der Waals surface area contributed by atoms with E-state index in [0.29, 0.717) is 16.9 Å². The number of carbonyl (C=O) groups is 1. The lowest BCUT2D eigenvalue weighted by atomic mass is 10.0. The van der Waals surface area contributed by atoms with Gasteiger partial charge in [-0.1, -0.05) is 11.6 Å². The number of hydrogen-bond donors (Lipinski definition) is 0. The van der Waals surface area contributed by atoms with Crippen LogP contribution >= 0.6 is 11.6 Å². The summed E-state index contributed by atoms with van der Waals surface area (Å²) >= 11 is 5.94. The number of benzene rings is 1. The van der Waals surface area contributed by atoms with Gasteiger partial charge < -0.3 is 14.2 Å². The Morgan fingerprint density at radius 1 is 1.19 bits per heavy atom. The minimum absolute atomic E-state index is 0.0458. The van der Waals surface area contributed by atoms with Gasteiger partial charge in [0.05, 0.1) is 12.8 Å². The quantitative estimate of drug-likeness (QED) is 0.374. The number of hydrogen-bond acceptors (Lipinski definition) is 6. The van der Waals surface area contributed by atoms with Crippen molar-refractivity contribution >= 4 is 17.6 Å². The zero-order chi connectivity index (χ0) is 18.5. The molecule has 0 fully saturated rings. The Hall–Kier alpha value is -2.90. The van der Waals surface area contributed by atoms with Gasteiger partial charge in [-0.3, -0.25) is 0 Å². The zero-order valence-corrected chi connectivity index (χ0v) is 14.9. The van der Waals surface area contributed by atoms with Gasteiger partial charge in [-0.2, -0.15) is 5.10 Å². The lowest BCUT2D eigenvalue weighted by Crippen LogP contribution is -2.08. The largest absolute Gasteiger partial charge is 0.467 e. The molecule has 1 aromatic carbocycles. The molecule has 0 aliphatic carbocycles. The van der Waals surface area contributed by atoms with Crippen molar-refractivity contribution in [3.05, 3.63) is 59.6 Å². The van der Waals surface area contributed by atoms with Crippen LogP contribution in [0.2, 0.25) is 5.15 Å². The Bertz CT molecular complexity index is 913. The molecule has 3 rings (SSSR count). The monoisotopic (exact) mass is 373 g/mol. The molecule has 0 spiro atoms. The molecule has 0 aliphatic rings. The fourth-order valence-corrected chi connectivity index (χ4v) is 2.59. The number of aromatic nitrogens is 3. The molecule has 0 saturated carbocycles. The van der Waals surface area contributed by atoms with E-state index in [1.807, 2.05) is 24.4 Å². The van der Waals surface area contributed by atoms with E-state index in [1.54, 1.807) is 29.1 Å². The molecule has 7 nitrogen and oxygen atoms in total. The molecule has 0 atom stereocenters. The van der Waals surface area contributed by atoms with Gasteiger partial charge >= 0.3 is 5.97 Å². The highest BCUT2D eigenvalue weighted by Gasteiger charge is 2.19. The molecule has 2 aromatic heterocycles. The Morgan fingerprint density at radius 3 is 2.69 bits per heavy atom. The summed E-state index contributed by atoms with van der Waals surface area (Å²) in [5.41, 5.74) is 2.10. The zero-order valence-electron chi connectivity index (χ0n) is 14.2. The Balaban J connectivity index is 2.13. The lowest BCUT2D eigenvalue weighted by molar-refractivity contribution is 0.0515. The standard InChI is InChI=1S/C18H16ClN3O4/c1-24-11-26-15-10-12(22-9-3-8-20-22)4-5-13(15)14-6-7-16(19)21-17(14)18(23)25-2/h3-10H,11H2,1-2H3. The van der Waals surface area contributed by atoms with Crippen LogP contribution in [0.15, 0.2) is 48.8 Å². The van der Waals surface area contributed by atoms with Gasteiger partial charge in [-0.25, -0.2) is 14.5 Å². The molecular weight excluding hydrogens is 358 g/mol. The van der Waals surface area contributed by atoms with Gasteiger partial charge in [-0.15, -0.1) is 0 Å². The van der Waals surface area contributed by atoms with Crippen molar-refractivity contribution < 1.29 is 19.0 Å². The third-order valence-corrected chi connectivity index (χ3v) is 3.81. The van der Waals surface area contributed by atoms with Crippen molar-refractivity contribution in [1.82, 2.24) is 14.8 Å². The molecule has 0 saturated heterocycles. The summed E-state index contributed by atoms with van der Waals surface area (Å²) in [5.74, 6) is -0.0783. The summed E-state index contributed by atoms with van der Waals surface area (Å²) in [6.45, 7) is 0.0458. The van der Waals surface area contributed by atoms with Crippen molar-refractivity contribution in [2.75, 3.05) is 21.0 Å². The number of carbonyl (C=O) groups excluding carboxylic acids is 1. The van der Waals surface area contributed by atoms with E-state index in [4.69, 9.17) is 25.8 Å². The molecule has 3 aromatic rings. The maximum Gasteiger partial charge on any atom is 0.357 e. The van der Waals surface area contributed by atoms with Gasteiger partial charge in [0.15, 0.2) is 12.5 Å². The number of nitrogens with zero attached hydrogens (tertiary/aromatic N) is 3. The SMILES string of the molecule is COCOc1cc(-n2cccn2)ccc1-c1ccc(Cl)nc1C(=O)OC. The fourth-order valence-electron chi connectivity index (χ4n) is 2.44. The van der Waals surface area contributed by atoms with E-state index >= 15 is 0 Å². The van der Waals surface area contributed by atoms with Crippen molar-refractivity contribution in [1.29, 1.82) is 0 Å². The second-order valence-corrected chi connectivity index (χ2v) is 5.59. The van der Waals surface area contributed by atoms with Crippen molar-refractivity contribution in [3.8, 4) is 22.6 Å². The minimum atomic E-state index is -0.587. The summed E-state index contributed by atoms with van der Waals surface area (Å²) in [6.07, 6.45) is 3.50. The molecule has 0 aliphatic heterocycles. The first-order chi connectivity index (χ1) is 12.6. The van der Waals surface area contributed by atoms with Crippen LogP contribution in [0.25, 0.3) is 16.8 Å². The first-order valence-electron chi connectivity index (χ1n) is 7.65. The Morgan fingerprint density at radius 2 is 2.00 bits per heavy atom. The number of rotatable bonds is 6. The van der Waals surface area contributed by atoms with E-state index in [9.17, 15) is 4.79 Å². The van der Waals surface area contributed by atoms with E-state index in [2.05, 4.69) is 10.1 Å². The summed E-state index contributed by atoms with van der Waals surface area (Å²) in [7, 11) is 2.82. The Kier molecular flexibility index (Phi) is 5.50. The Labute approximate surface area is 155 Å². The first-order valence-corrected chi connectivity index (χ1v) is 8.03. The average molecular weight is 374 g/mol. The summed E-state index contributed by atoms with van der Waals surface area (Å²) in [4.78, 5) is 16.2. The van der Waals surface area contributed by atoms with Gasteiger partial charge in [0.1, 0.15) is 10.9 Å². The lowest BCUT2D eigenvalue weighted by Gasteiger charge is -2.15. The highest BCUT2D eigenvalue weighted by atomic mass is 35.5. The van der Waals surface area contributed by atoms with E-state index in [0.717, 1.165) is 5.69 Å². The summed E-state index contributed by atoms with van der Waals surface area (Å²) in [5, 5.41) is 4.40. The van der Waals surface area contributed by atoms with E-state index in [-0.39, 0.29) is 17.6 Å². The first kappa shape index (κ1) is 17.9. The maximum absolute atomic E-state index is 12.1. The molecule has 0 N–H and O–H groups in total. The molecule has 0 bridgehead atoms. The van der Waals surface area contributed by atoms with Crippen LogP contribution in [-0.4, -0.2) is 41.7 Å². The molecule has 0 radical (unpaired) electrons. The summed E-state index contributed by atoms with van der Waals surface area (Å²) in [6, 6.07) is 10.6. The van der Waals surface area contributed by atoms with Crippen molar-refractivity contribution in [2.45, 2.75) is 0 Å². The normalized spacial score (nSPS) is 10.6. The molecule has 26 heavy (non-hydrogen) atoms. The number of halogens is 1. The highest BCUT2D eigenvalue weighted by Crippen LogP contribution is 2.34. The predicted molar refractivity (Wildman–Crippen MR) is 95.6 cm³/mol. The number of ether oxygens (including phenoxy) is 3. The highest BCUT2D eigenvalue weighted by molar-refractivity contribution is 6.29. The molecule has 134 valence electrons. The number of esters is 1. The fraction of sp³-hybridized carbons (Fsp3) is 0.167. The van der Waals surface area contributed by atoms with Crippen LogP contribution in [-0.2, 0) is 9.47 Å². The second kappa shape index (κ2) is 7.99. The van der Waals surface area contributed by atoms with Crippen LogP contribution in [0.3, 0.4) is 0 Å². The minimum Gasteiger partial charge on any atom is -0.467 e. The van der Waals surface area contributed by atoms with Gasteiger partial charge in [0, 0.05) is 36.7 Å². The van der Waals surface area contributed by atoms with Crippen LogP contribution in [0.5, 0.6) is 5.75 Å². The number of pyridine rings is 1. The van der Waals surface area contributed by atoms with Crippen LogP contribution in [0, 0.1) is 0 Å². The van der Waals surface area contributed by atoms with Crippen molar-refractivity contribution in [3.63, 3.8) is 0 Å². The molecular formula is C18H16ClN3O4. The summed E-state index contributed by atoms with van der Waals surface area (Å²) < 4.78 is 17.2. The third kappa shape index (κ3) is 3.68. The molecule has 0 unspecified atom stereocenters. The maximum atomic E-state index is 12.1. The van der Waals surface area contributed by atoms with Crippen molar-refractivity contribution in [2.24, 2.45) is 0 Å².